The number of imidazole rings is 1. The van der Waals surface area contributed by atoms with E-state index in [1.54, 1.807) is 0 Å². The minimum absolute atomic E-state index is 0.320. The predicted molar refractivity (Wildman–Crippen MR) is 210 cm³/mol. The van der Waals surface area contributed by atoms with E-state index in [1.165, 1.54) is 16.7 Å². The van der Waals surface area contributed by atoms with Crippen molar-refractivity contribution in [2.24, 2.45) is 9.98 Å². The first-order chi connectivity index (χ1) is 25.3. The fraction of sp³-hybridized carbons (Fsp3) is 0.0217. The maximum Gasteiger partial charge on any atom is 0.159 e. The number of amidine groups is 2. The molecule has 0 radical (unpaired) electrons. The summed E-state index contributed by atoms with van der Waals surface area (Å²) in [7, 11) is 0. The van der Waals surface area contributed by atoms with Crippen LogP contribution in [0.25, 0.3) is 60.5 Å². The van der Waals surface area contributed by atoms with E-state index in [2.05, 4.69) is 168 Å². The van der Waals surface area contributed by atoms with Crippen molar-refractivity contribution in [1.29, 1.82) is 0 Å². The summed E-state index contributed by atoms with van der Waals surface area (Å²) >= 11 is 0. The molecule has 10 rings (SSSR count). The highest BCUT2D eigenvalue weighted by atomic mass is 15.2. The van der Waals surface area contributed by atoms with E-state index < -0.39 is 0 Å². The number of rotatable bonds is 5. The quantitative estimate of drug-likeness (QED) is 0.188. The molecular formula is C46H31N5. The fourth-order valence-electron chi connectivity index (χ4n) is 7.31. The molecule has 0 aliphatic carbocycles. The zero-order chi connectivity index (χ0) is 33.7. The lowest BCUT2D eigenvalue weighted by atomic mass is 9.97. The summed E-state index contributed by atoms with van der Waals surface area (Å²) in [5.41, 5.74) is 10.8. The molecule has 240 valence electrons. The lowest BCUT2D eigenvalue weighted by molar-refractivity contribution is 0.674. The Kier molecular flexibility index (Phi) is 6.81. The van der Waals surface area contributed by atoms with Gasteiger partial charge >= 0.3 is 0 Å². The summed E-state index contributed by atoms with van der Waals surface area (Å²) in [4.78, 5) is 15.5. The van der Waals surface area contributed by atoms with Crippen LogP contribution in [0.2, 0.25) is 0 Å². The van der Waals surface area contributed by atoms with E-state index in [1.807, 2.05) is 18.2 Å². The standard InChI is InChI=1S/C46H31N5/c1-3-11-30(12-4-1)32-18-22-34(23-19-32)44-48-45(35-24-20-33(21-25-35)31-13-5-2-6-14-31)50-46(49-44)36-26-27-39-40(29-36)37-15-7-8-16-38(37)42-43(39)51-28-10-9-17-41(51)47-42/h1-29,44H,(H,48,49,50). The highest BCUT2D eigenvalue weighted by molar-refractivity contribution is 6.25. The number of fused-ring (bicyclic) bond motifs is 8. The summed E-state index contributed by atoms with van der Waals surface area (Å²) in [5, 5.41) is 8.25. The van der Waals surface area contributed by atoms with Gasteiger partial charge in [0.25, 0.3) is 0 Å². The predicted octanol–water partition coefficient (Wildman–Crippen LogP) is 10.6. The summed E-state index contributed by atoms with van der Waals surface area (Å²) in [6.45, 7) is 0. The monoisotopic (exact) mass is 653 g/mol. The Morgan fingerprint density at radius 3 is 1.78 bits per heavy atom. The van der Waals surface area contributed by atoms with Crippen molar-refractivity contribution >= 4 is 49.9 Å². The van der Waals surface area contributed by atoms with E-state index in [9.17, 15) is 0 Å². The molecule has 5 heteroatoms. The first-order valence-electron chi connectivity index (χ1n) is 17.2. The van der Waals surface area contributed by atoms with Crippen molar-refractivity contribution < 1.29 is 0 Å². The lowest BCUT2D eigenvalue weighted by Gasteiger charge is -2.24. The van der Waals surface area contributed by atoms with Crippen molar-refractivity contribution in [1.82, 2.24) is 14.7 Å². The molecule has 1 unspecified atom stereocenters. The van der Waals surface area contributed by atoms with Crippen molar-refractivity contribution in [2.45, 2.75) is 6.17 Å². The van der Waals surface area contributed by atoms with Crippen molar-refractivity contribution in [3.63, 3.8) is 0 Å². The molecule has 0 saturated heterocycles. The van der Waals surface area contributed by atoms with Crippen LogP contribution in [0.5, 0.6) is 0 Å². The SMILES string of the molecule is c1ccc(-c2ccc(C3=NC(c4ccc5c(c4)c4ccccc4c4nc6ccccn6c54)=NC(c4ccc(-c5ccccc5)cc4)N3)cc2)cc1. The van der Waals surface area contributed by atoms with Gasteiger partial charge in [-0.15, -0.1) is 0 Å². The lowest BCUT2D eigenvalue weighted by Crippen LogP contribution is -2.33. The summed E-state index contributed by atoms with van der Waals surface area (Å²) < 4.78 is 2.19. The van der Waals surface area contributed by atoms with Gasteiger partial charge < -0.3 is 5.32 Å². The maximum atomic E-state index is 5.26. The molecule has 0 saturated carbocycles. The van der Waals surface area contributed by atoms with Crippen LogP contribution in [0.1, 0.15) is 22.9 Å². The second-order valence-electron chi connectivity index (χ2n) is 12.9. The molecule has 2 aromatic heterocycles. The van der Waals surface area contributed by atoms with Gasteiger partial charge in [0.2, 0.25) is 0 Å². The first-order valence-corrected chi connectivity index (χ1v) is 17.2. The van der Waals surface area contributed by atoms with Crippen molar-refractivity contribution in [3.05, 3.63) is 193 Å². The van der Waals surface area contributed by atoms with Gasteiger partial charge in [0.1, 0.15) is 17.6 Å². The van der Waals surface area contributed by atoms with Crippen LogP contribution in [-0.4, -0.2) is 21.1 Å². The van der Waals surface area contributed by atoms with E-state index in [0.717, 1.165) is 66.3 Å². The Morgan fingerprint density at radius 2 is 1.06 bits per heavy atom. The molecule has 3 heterocycles. The number of aromatic nitrogens is 2. The smallest absolute Gasteiger partial charge is 0.159 e. The van der Waals surface area contributed by atoms with Gasteiger partial charge in [-0.25, -0.2) is 15.0 Å². The minimum atomic E-state index is -0.320. The summed E-state index contributed by atoms with van der Waals surface area (Å²) in [6.07, 6.45) is 1.77. The third-order valence-electron chi connectivity index (χ3n) is 9.88. The minimum Gasteiger partial charge on any atom is -0.344 e. The van der Waals surface area contributed by atoms with Gasteiger partial charge in [-0.05, 0) is 56.8 Å². The van der Waals surface area contributed by atoms with Crippen molar-refractivity contribution in [3.8, 4) is 22.3 Å². The van der Waals surface area contributed by atoms with Gasteiger partial charge in [0, 0.05) is 28.1 Å². The Labute approximate surface area is 294 Å². The van der Waals surface area contributed by atoms with E-state index in [4.69, 9.17) is 15.0 Å². The molecule has 1 atom stereocenters. The normalized spacial score (nSPS) is 14.5. The molecule has 51 heavy (non-hydrogen) atoms. The molecule has 0 bridgehead atoms. The molecule has 9 aromatic rings. The van der Waals surface area contributed by atoms with Gasteiger partial charge in [-0.1, -0.05) is 152 Å². The second-order valence-corrected chi connectivity index (χ2v) is 12.9. The van der Waals surface area contributed by atoms with E-state index >= 15 is 0 Å². The zero-order valence-corrected chi connectivity index (χ0v) is 27.6. The zero-order valence-electron chi connectivity index (χ0n) is 27.6. The van der Waals surface area contributed by atoms with Crippen LogP contribution in [-0.2, 0) is 0 Å². The number of hydrogen-bond donors (Lipinski definition) is 1. The highest BCUT2D eigenvalue weighted by Crippen LogP contribution is 2.36. The highest BCUT2D eigenvalue weighted by Gasteiger charge is 2.22. The molecule has 0 fully saturated rings. The van der Waals surface area contributed by atoms with E-state index in [-0.39, 0.29) is 6.17 Å². The molecular weight excluding hydrogens is 623 g/mol. The third kappa shape index (κ3) is 5.06. The average molecular weight is 654 g/mol. The number of pyridine rings is 1. The Balaban J connectivity index is 1.12. The molecule has 1 N–H and O–H groups in total. The fourth-order valence-corrected chi connectivity index (χ4v) is 7.31. The van der Waals surface area contributed by atoms with Gasteiger partial charge in [0.05, 0.1) is 11.0 Å². The molecule has 0 spiro atoms. The van der Waals surface area contributed by atoms with Crippen LogP contribution >= 0.6 is 0 Å². The summed E-state index contributed by atoms with van der Waals surface area (Å²) in [5.74, 6) is 1.48. The average Bonchev–Trinajstić information content (AvgIpc) is 3.62. The van der Waals surface area contributed by atoms with Crippen LogP contribution in [0.15, 0.2) is 186 Å². The molecule has 5 nitrogen and oxygen atoms in total. The van der Waals surface area contributed by atoms with Crippen LogP contribution in [0, 0.1) is 0 Å². The molecule has 1 aliphatic rings. The third-order valence-corrected chi connectivity index (χ3v) is 9.88. The van der Waals surface area contributed by atoms with E-state index in [0.29, 0.717) is 5.84 Å². The Morgan fingerprint density at radius 1 is 0.471 bits per heavy atom. The largest absolute Gasteiger partial charge is 0.344 e. The first kappa shape index (κ1) is 29.1. The van der Waals surface area contributed by atoms with Gasteiger partial charge in [0.15, 0.2) is 5.84 Å². The van der Waals surface area contributed by atoms with Crippen LogP contribution < -0.4 is 5.32 Å². The molecule has 1 aliphatic heterocycles. The maximum absolute atomic E-state index is 5.26. The van der Waals surface area contributed by atoms with Crippen LogP contribution in [0.4, 0.5) is 0 Å². The number of hydrogen-bond acceptors (Lipinski definition) is 4. The van der Waals surface area contributed by atoms with Crippen LogP contribution in [0.3, 0.4) is 0 Å². The summed E-state index contributed by atoms with van der Waals surface area (Å²) in [6, 6.07) is 59.5. The van der Waals surface area contributed by atoms with Gasteiger partial charge in [-0.3, -0.25) is 4.40 Å². The molecule has 0 amide bonds. The topological polar surface area (TPSA) is 54.0 Å². The Bertz CT molecular complexity index is 2800. The number of nitrogens with one attached hydrogen (secondary N) is 1. The van der Waals surface area contributed by atoms with Crippen molar-refractivity contribution in [2.75, 3.05) is 0 Å². The second kappa shape index (κ2) is 11.9. The molecule has 7 aromatic carbocycles. The number of benzene rings is 7. The Hall–Kier alpha value is -6.85. The number of nitrogens with zero attached hydrogens (tertiary/aromatic N) is 4. The van der Waals surface area contributed by atoms with Gasteiger partial charge in [-0.2, -0.15) is 0 Å². The number of aliphatic imine (C=N–C) groups is 2.